The van der Waals surface area contributed by atoms with Crippen LogP contribution in [0.5, 0.6) is 5.75 Å². The van der Waals surface area contributed by atoms with Crippen molar-refractivity contribution in [1.29, 1.82) is 5.26 Å². The standard InChI is InChI=1S/C38H45ClN10O3/c1-2-27-18-33-34(44-37(27)50)17-26(21-41-33)24-48-15-13-47(14-16-48)23-25-9-11-49(12-10-25)36-8-7-32(45-46-36)38(51)43-28-3-5-29(6-4-28)52-30-19-31(39)35(20-40)42-22-30/h7-8,17-19,21-22,25,28-29H,2-6,9-16,23-24H2,1H3,(H,43,51)(H,44,50). The van der Waals surface area contributed by atoms with Gasteiger partial charge in [0.1, 0.15) is 11.8 Å². The molecule has 0 atom stereocenters. The van der Waals surface area contributed by atoms with Gasteiger partial charge in [-0.25, -0.2) is 4.98 Å². The fourth-order valence-electron chi connectivity index (χ4n) is 7.57. The van der Waals surface area contributed by atoms with Crippen molar-refractivity contribution in [1.82, 2.24) is 40.3 Å². The number of nitriles is 1. The zero-order valence-electron chi connectivity index (χ0n) is 29.6. The van der Waals surface area contributed by atoms with Crippen molar-refractivity contribution in [2.24, 2.45) is 5.92 Å². The number of hydrogen-bond donors (Lipinski definition) is 2. The van der Waals surface area contributed by atoms with Gasteiger partial charge in [0.15, 0.2) is 17.2 Å². The van der Waals surface area contributed by atoms with Crippen LogP contribution in [0.25, 0.3) is 11.0 Å². The van der Waals surface area contributed by atoms with Crippen LogP contribution in [-0.2, 0) is 13.0 Å². The summed E-state index contributed by atoms with van der Waals surface area (Å²) in [5.41, 5.74) is 4.02. The zero-order chi connectivity index (χ0) is 36.0. The van der Waals surface area contributed by atoms with Crippen LogP contribution in [0.4, 0.5) is 5.82 Å². The number of rotatable bonds is 10. The van der Waals surface area contributed by atoms with E-state index in [1.165, 1.54) is 6.20 Å². The molecule has 1 amide bonds. The number of pyridine rings is 3. The average Bonchev–Trinajstić information content (AvgIpc) is 3.16. The van der Waals surface area contributed by atoms with E-state index in [1.54, 1.807) is 12.1 Å². The summed E-state index contributed by atoms with van der Waals surface area (Å²) in [4.78, 5) is 44.2. The smallest absolute Gasteiger partial charge is 0.272 e. The summed E-state index contributed by atoms with van der Waals surface area (Å²) < 4.78 is 6.02. The first kappa shape index (κ1) is 35.7. The van der Waals surface area contributed by atoms with Crippen LogP contribution in [0.2, 0.25) is 5.02 Å². The lowest BCUT2D eigenvalue weighted by Crippen LogP contribution is -2.48. The van der Waals surface area contributed by atoms with Gasteiger partial charge >= 0.3 is 0 Å². The molecule has 0 unspecified atom stereocenters. The van der Waals surface area contributed by atoms with Gasteiger partial charge in [-0.3, -0.25) is 19.5 Å². The average molecular weight is 725 g/mol. The summed E-state index contributed by atoms with van der Waals surface area (Å²) >= 11 is 6.08. The number of nitrogens with zero attached hydrogens (tertiary/aromatic N) is 8. The van der Waals surface area contributed by atoms with Crippen molar-refractivity contribution in [3.05, 3.63) is 80.6 Å². The van der Waals surface area contributed by atoms with Crippen LogP contribution in [0.3, 0.4) is 0 Å². The second-order valence-electron chi connectivity index (χ2n) is 14.2. The number of ether oxygens (including phenoxy) is 1. The maximum atomic E-state index is 13.0. The molecule has 1 saturated carbocycles. The summed E-state index contributed by atoms with van der Waals surface area (Å²) in [6, 6.07) is 11.3. The van der Waals surface area contributed by atoms with Gasteiger partial charge in [0.05, 0.1) is 28.4 Å². The fourth-order valence-corrected chi connectivity index (χ4v) is 7.77. The number of carbonyl (C=O) groups is 1. The largest absolute Gasteiger partial charge is 0.489 e. The molecule has 0 spiro atoms. The maximum Gasteiger partial charge on any atom is 0.272 e. The highest BCUT2D eigenvalue weighted by Gasteiger charge is 2.27. The Morgan fingerprint density at radius 3 is 2.44 bits per heavy atom. The summed E-state index contributed by atoms with van der Waals surface area (Å²) in [7, 11) is 0. The SMILES string of the molecule is CCc1cc2ncc(CN3CCN(CC4CCN(c5ccc(C(=O)NC6CCC(Oc7cnc(C#N)c(Cl)c7)CC6)nn5)CC4)CC3)cc2[nH]c1=O. The van der Waals surface area contributed by atoms with Gasteiger partial charge in [-0.1, -0.05) is 18.5 Å². The number of halogens is 1. The van der Waals surface area contributed by atoms with Crippen LogP contribution in [0.15, 0.2) is 47.5 Å². The Hall–Kier alpha value is -4.64. The van der Waals surface area contributed by atoms with E-state index in [2.05, 4.69) is 51.2 Å². The van der Waals surface area contributed by atoms with E-state index in [0.717, 1.165) is 119 Å². The number of piperazine rings is 1. The molecule has 1 aliphatic carbocycles. The number of amides is 1. The van der Waals surface area contributed by atoms with Crippen LogP contribution < -0.4 is 20.5 Å². The minimum Gasteiger partial charge on any atom is -0.489 e. The molecule has 0 aromatic carbocycles. The Balaban J connectivity index is 0.803. The molecule has 272 valence electrons. The van der Waals surface area contributed by atoms with Gasteiger partial charge in [-0.2, -0.15) is 5.26 Å². The van der Waals surface area contributed by atoms with Gasteiger partial charge in [0.2, 0.25) is 0 Å². The third kappa shape index (κ3) is 8.69. The van der Waals surface area contributed by atoms with Gasteiger partial charge in [-0.05, 0) is 80.7 Å². The first-order chi connectivity index (χ1) is 25.3. The van der Waals surface area contributed by atoms with Crippen molar-refractivity contribution >= 4 is 34.4 Å². The number of aromatic nitrogens is 5. The molecule has 2 saturated heterocycles. The lowest BCUT2D eigenvalue weighted by molar-refractivity contribution is 0.0888. The molecule has 0 bridgehead atoms. The normalized spacial score (nSPS) is 20.4. The maximum absolute atomic E-state index is 13.0. The number of hydrogen-bond acceptors (Lipinski definition) is 11. The van der Waals surface area contributed by atoms with Crippen molar-refractivity contribution < 1.29 is 9.53 Å². The van der Waals surface area contributed by atoms with Gasteiger partial charge < -0.3 is 24.8 Å². The van der Waals surface area contributed by atoms with E-state index >= 15 is 0 Å². The number of H-pyrrole nitrogens is 1. The summed E-state index contributed by atoms with van der Waals surface area (Å²) in [6.07, 6.45) is 9.51. The highest BCUT2D eigenvalue weighted by atomic mass is 35.5. The number of fused-ring (bicyclic) bond motifs is 1. The number of anilines is 1. The lowest BCUT2D eigenvalue weighted by Gasteiger charge is -2.39. The molecule has 14 heteroatoms. The number of aromatic amines is 1. The van der Waals surface area contributed by atoms with E-state index < -0.39 is 0 Å². The summed E-state index contributed by atoms with van der Waals surface area (Å²) in [5.74, 6) is 1.80. The van der Waals surface area contributed by atoms with Crippen molar-refractivity contribution in [3.63, 3.8) is 0 Å². The first-order valence-corrected chi connectivity index (χ1v) is 18.8. The molecule has 7 rings (SSSR count). The number of nitrogens with one attached hydrogen (secondary N) is 2. The Labute approximate surface area is 308 Å². The third-order valence-corrected chi connectivity index (χ3v) is 10.9. The number of aryl methyl sites for hydroxylation is 1. The quantitative estimate of drug-likeness (QED) is 0.240. The molecule has 13 nitrogen and oxygen atoms in total. The van der Waals surface area contributed by atoms with Crippen LogP contribution in [0, 0.1) is 17.2 Å². The molecule has 2 N–H and O–H groups in total. The van der Waals surface area contributed by atoms with E-state index in [0.29, 0.717) is 23.8 Å². The molecule has 0 radical (unpaired) electrons. The highest BCUT2D eigenvalue weighted by molar-refractivity contribution is 6.31. The molecule has 4 aromatic heterocycles. The van der Waals surface area contributed by atoms with E-state index in [4.69, 9.17) is 21.6 Å². The predicted molar refractivity (Wildman–Crippen MR) is 199 cm³/mol. The fraction of sp³-hybridized carbons (Fsp3) is 0.500. The van der Waals surface area contributed by atoms with Crippen molar-refractivity contribution in [3.8, 4) is 11.8 Å². The molecule has 52 heavy (non-hydrogen) atoms. The summed E-state index contributed by atoms with van der Waals surface area (Å²) in [5, 5.41) is 21.1. The Bertz CT molecular complexity index is 1960. The second-order valence-corrected chi connectivity index (χ2v) is 14.6. The molecule has 2 aliphatic heterocycles. The minimum atomic E-state index is -0.207. The van der Waals surface area contributed by atoms with Gasteiger partial charge in [0, 0.05) is 76.2 Å². The number of piperidine rings is 1. The predicted octanol–water partition coefficient (Wildman–Crippen LogP) is 4.35. The first-order valence-electron chi connectivity index (χ1n) is 18.4. The van der Waals surface area contributed by atoms with Gasteiger partial charge in [0.25, 0.3) is 11.5 Å². The Kier molecular flexibility index (Phi) is 11.2. The lowest BCUT2D eigenvalue weighted by atomic mass is 9.93. The Morgan fingerprint density at radius 2 is 1.75 bits per heavy atom. The topological polar surface area (TPSA) is 156 Å². The molecule has 3 fully saturated rings. The number of carbonyl (C=O) groups excluding carboxylic acids is 1. The molecule has 6 heterocycles. The molecule has 4 aromatic rings. The summed E-state index contributed by atoms with van der Waals surface area (Å²) in [6.45, 7) is 9.91. The molecular formula is C38H45ClN10O3. The zero-order valence-corrected chi connectivity index (χ0v) is 30.3. The highest BCUT2D eigenvalue weighted by Crippen LogP contribution is 2.27. The van der Waals surface area contributed by atoms with Gasteiger partial charge in [-0.15, -0.1) is 10.2 Å². The second kappa shape index (κ2) is 16.4. The molecule has 3 aliphatic rings. The van der Waals surface area contributed by atoms with Crippen LogP contribution in [-0.4, -0.2) is 98.8 Å². The monoisotopic (exact) mass is 724 g/mol. The minimum absolute atomic E-state index is 0.00177. The third-order valence-electron chi connectivity index (χ3n) is 10.7. The van der Waals surface area contributed by atoms with Crippen LogP contribution in [0.1, 0.15) is 72.8 Å². The van der Waals surface area contributed by atoms with Crippen molar-refractivity contribution in [2.75, 3.05) is 50.7 Å². The van der Waals surface area contributed by atoms with Crippen molar-refractivity contribution in [2.45, 2.75) is 70.6 Å². The van der Waals surface area contributed by atoms with Crippen LogP contribution >= 0.6 is 11.6 Å². The van der Waals surface area contributed by atoms with E-state index in [-0.39, 0.29) is 34.3 Å². The van der Waals surface area contributed by atoms with E-state index in [9.17, 15) is 9.59 Å². The van der Waals surface area contributed by atoms with E-state index in [1.807, 2.05) is 31.3 Å². The molecular weight excluding hydrogens is 680 g/mol. The Morgan fingerprint density at radius 1 is 0.981 bits per heavy atom.